The van der Waals surface area contributed by atoms with Crippen LogP contribution in [0.3, 0.4) is 0 Å². The van der Waals surface area contributed by atoms with Gasteiger partial charge in [0.1, 0.15) is 11.5 Å². The summed E-state index contributed by atoms with van der Waals surface area (Å²) in [5, 5.41) is 15.1. The summed E-state index contributed by atoms with van der Waals surface area (Å²) < 4.78 is 3.65. The van der Waals surface area contributed by atoms with Crippen LogP contribution in [0.5, 0.6) is 0 Å². The molecule has 0 aliphatic heterocycles. The van der Waals surface area contributed by atoms with E-state index in [0.29, 0.717) is 10.6 Å². The van der Waals surface area contributed by atoms with Crippen LogP contribution in [0.4, 0.5) is 5.69 Å². The summed E-state index contributed by atoms with van der Waals surface area (Å²) in [5.74, 6) is 5.12. The fraction of sp³-hybridized carbons (Fsp3) is 0.154. The van der Waals surface area contributed by atoms with Gasteiger partial charge in [-0.1, -0.05) is 22.4 Å². The largest absolute Gasteiger partial charge is 0.384 e. The number of carbonyl (C=O) groups is 1. The summed E-state index contributed by atoms with van der Waals surface area (Å²) in [7, 11) is 0. The van der Waals surface area contributed by atoms with Crippen LogP contribution in [0.2, 0.25) is 0 Å². The van der Waals surface area contributed by atoms with E-state index < -0.39 is 0 Å². The Hall–Kier alpha value is -2.23. The van der Waals surface area contributed by atoms with Crippen molar-refractivity contribution in [1.29, 1.82) is 0 Å². The van der Waals surface area contributed by atoms with Gasteiger partial charge in [-0.05, 0) is 36.2 Å². The van der Waals surface area contributed by atoms with E-state index in [1.165, 1.54) is 6.20 Å². The summed E-state index contributed by atoms with van der Waals surface area (Å²) in [4.78, 5) is 12.3. The first-order valence-electron chi connectivity index (χ1n) is 5.50. The van der Waals surface area contributed by atoms with Crippen molar-refractivity contribution in [2.75, 3.05) is 11.9 Å². The maximum Gasteiger partial charge on any atom is 0.269 e. The number of aryl methyl sites for hydroxylation is 1. The van der Waals surface area contributed by atoms with Crippen LogP contribution in [0.15, 0.2) is 24.4 Å². The second kappa shape index (κ2) is 6.09. The molecule has 0 aliphatic rings. The van der Waals surface area contributed by atoms with E-state index in [1.54, 1.807) is 6.07 Å². The first kappa shape index (κ1) is 13.2. The second-order valence-corrected chi connectivity index (χ2v) is 4.51. The Balaban J connectivity index is 2.22. The number of benzene rings is 1. The van der Waals surface area contributed by atoms with Gasteiger partial charge in [0.05, 0.1) is 6.20 Å². The van der Waals surface area contributed by atoms with Crippen molar-refractivity contribution >= 4 is 23.1 Å². The van der Waals surface area contributed by atoms with E-state index in [0.717, 1.165) is 22.7 Å². The molecule has 19 heavy (non-hydrogen) atoms. The quantitative estimate of drug-likeness (QED) is 0.812. The van der Waals surface area contributed by atoms with Gasteiger partial charge in [0.2, 0.25) is 0 Å². The third kappa shape index (κ3) is 3.37. The van der Waals surface area contributed by atoms with Crippen molar-refractivity contribution in [3.63, 3.8) is 0 Å². The molecule has 0 saturated carbocycles. The zero-order chi connectivity index (χ0) is 13.7. The Bertz CT molecular complexity index is 642. The van der Waals surface area contributed by atoms with Crippen LogP contribution >= 0.6 is 11.5 Å². The van der Waals surface area contributed by atoms with Crippen molar-refractivity contribution in [2.45, 2.75) is 6.92 Å². The van der Waals surface area contributed by atoms with Gasteiger partial charge in [0, 0.05) is 11.3 Å². The zero-order valence-electron chi connectivity index (χ0n) is 10.2. The highest BCUT2D eigenvalue weighted by molar-refractivity contribution is 7.07. The molecule has 0 spiro atoms. The molecule has 0 atom stereocenters. The summed E-state index contributed by atoms with van der Waals surface area (Å²) in [6.45, 7) is 1.70. The first-order valence-corrected chi connectivity index (χ1v) is 6.27. The van der Waals surface area contributed by atoms with Gasteiger partial charge < -0.3 is 10.4 Å². The Morgan fingerprint density at radius 2 is 2.37 bits per heavy atom. The predicted octanol–water partition coefficient (Wildman–Crippen LogP) is 1.44. The molecule has 2 aromatic rings. The minimum atomic E-state index is -0.245. The number of aliphatic hydroxyl groups is 1. The van der Waals surface area contributed by atoms with Crippen LogP contribution in [-0.4, -0.2) is 27.2 Å². The van der Waals surface area contributed by atoms with Gasteiger partial charge in [-0.25, -0.2) is 0 Å². The Morgan fingerprint density at radius 3 is 3.05 bits per heavy atom. The van der Waals surface area contributed by atoms with Gasteiger partial charge >= 0.3 is 0 Å². The molecule has 2 rings (SSSR count). The smallest absolute Gasteiger partial charge is 0.269 e. The Morgan fingerprint density at radius 1 is 1.53 bits per heavy atom. The first-order chi connectivity index (χ1) is 9.20. The molecule has 1 aromatic heterocycles. The number of amides is 1. The molecule has 1 aromatic carbocycles. The lowest BCUT2D eigenvalue weighted by Crippen LogP contribution is -2.11. The molecule has 0 fully saturated rings. The average Bonchev–Trinajstić information content (AvgIpc) is 2.93. The van der Waals surface area contributed by atoms with Gasteiger partial charge in [-0.15, -0.1) is 5.10 Å². The normalized spacial score (nSPS) is 9.58. The van der Waals surface area contributed by atoms with Crippen molar-refractivity contribution in [2.24, 2.45) is 0 Å². The van der Waals surface area contributed by atoms with Crippen LogP contribution in [0.1, 0.15) is 20.8 Å². The lowest BCUT2D eigenvalue weighted by atomic mass is 10.1. The van der Waals surface area contributed by atoms with E-state index >= 15 is 0 Å². The van der Waals surface area contributed by atoms with Gasteiger partial charge in [0.15, 0.2) is 0 Å². The molecule has 2 N–H and O–H groups in total. The number of anilines is 1. The standard InChI is InChI=1S/C13H11N3O2S/c1-9-4-5-10(3-2-6-17)7-11(9)15-13(18)12-8-14-16-19-12/h4-5,7-8,17H,6H2,1H3,(H,15,18). The highest BCUT2D eigenvalue weighted by Gasteiger charge is 2.10. The number of hydrogen-bond acceptors (Lipinski definition) is 5. The molecule has 0 radical (unpaired) electrons. The lowest BCUT2D eigenvalue weighted by Gasteiger charge is -2.07. The van der Waals surface area contributed by atoms with E-state index in [-0.39, 0.29) is 12.5 Å². The maximum absolute atomic E-state index is 11.9. The Kier molecular flexibility index (Phi) is 4.23. The summed E-state index contributed by atoms with van der Waals surface area (Å²) in [6.07, 6.45) is 1.42. The number of nitrogens with one attached hydrogen (secondary N) is 1. The third-order valence-electron chi connectivity index (χ3n) is 2.38. The van der Waals surface area contributed by atoms with Crippen LogP contribution in [0, 0.1) is 18.8 Å². The number of rotatable bonds is 2. The molecule has 0 saturated heterocycles. The van der Waals surface area contributed by atoms with Crippen LogP contribution in [-0.2, 0) is 0 Å². The second-order valence-electron chi connectivity index (χ2n) is 3.73. The molecule has 1 heterocycles. The van der Waals surface area contributed by atoms with Crippen molar-refractivity contribution in [1.82, 2.24) is 9.59 Å². The molecule has 5 nitrogen and oxygen atoms in total. The SMILES string of the molecule is Cc1ccc(C#CCO)cc1NC(=O)c1cnns1. The van der Waals surface area contributed by atoms with Crippen LogP contribution in [0.25, 0.3) is 0 Å². The monoisotopic (exact) mass is 273 g/mol. The van der Waals surface area contributed by atoms with Gasteiger partial charge in [0.25, 0.3) is 5.91 Å². The van der Waals surface area contributed by atoms with Gasteiger partial charge in [-0.3, -0.25) is 4.79 Å². The number of aliphatic hydroxyl groups excluding tert-OH is 1. The number of nitrogens with zero attached hydrogens (tertiary/aromatic N) is 2. The summed E-state index contributed by atoms with van der Waals surface area (Å²) in [5.41, 5.74) is 2.35. The zero-order valence-corrected chi connectivity index (χ0v) is 11.0. The third-order valence-corrected chi connectivity index (χ3v) is 3.05. The average molecular weight is 273 g/mol. The van der Waals surface area contributed by atoms with E-state index in [2.05, 4.69) is 26.7 Å². The van der Waals surface area contributed by atoms with Crippen LogP contribution < -0.4 is 5.32 Å². The number of hydrogen-bond donors (Lipinski definition) is 2. The van der Waals surface area contributed by atoms with Crippen molar-refractivity contribution in [3.8, 4) is 11.8 Å². The van der Waals surface area contributed by atoms with Crippen molar-refractivity contribution < 1.29 is 9.90 Å². The summed E-state index contributed by atoms with van der Waals surface area (Å²) in [6, 6.07) is 5.47. The Labute approximate surface area is 114 Å². The van der Waals surface area contributed by atoms with Crippen molar-refractivity contribution in [3.05, 3.63) is 40.4 Å². The number of aromatic nitrogens is 2. The molecule has 0 bridgehead atoms. The predicted molar refractivity (Wildman–Crippen MR) is 73.0 cm³/mol. The van der Waals surface area contributed by atoms with E-state index in [9.17, 15) is 4.79 Å². The molecule has 0 aliphatic carbocycles. The topological polar surface area (TPSA) is 75.1 Å². The molecular formula is C13H11N3O2S. The minimum absolute atomic E-state index is 0.192. The fourth-order valence-corrected chi connectivity index (χ4v) is 1.84. The van der Waals surface area contributed by atoms with E-state index in [1.807, 2.05) is 19.1 Å². The van der Waals surface area contributed by atoms with Gasteiger partial charge in [-0.2, -0.15) is 0 Å². The molecule has 1 amide bonds. The summed E-state index contributed by atoms with van der Waals surface area (Å²) >= 11 is 1.04. The lowest BCUT2D eigenvalue weighted by molar-refractivity contribution is 0.103. The highest BCUT2D eigenvalue weighted by Crippen LogP contribution is 2.18. The molecule has 96 valence electrons. The van der Waals surface area contributed by atoms with E-state index in [4.69, 9.17) is 5.11 Å². The minimum Gasteiger partial charge on any atom is -0.384 e. The maximum atomic E-state index is 11.9. The molecule has 0 unspecified atom stereocenters. The molecular weight excluding hydrogens is 262 g/mol. The number of carbonyl (C=O) groups excluding carboxylic acids is 1. The molecule has 6 heteroatoms. The highest BCUT2D eigenvalue weighted by atomic mass is 32.1. The fourth-order valence-electron chi connectivity index (χ4n) is 1.43.